The van der Waals surface area contributed by atoms with Gasteiger partial charge in [-0.2, -0.15) is 0 Å². The summed E-state index contributed by atoms with van der Waals surface area (Å²) in [5, 5.41) is 12.2. The number of ether oxygens (including phenoxy) is 1. The van der Waals surface area contributed by atoms with Gasteiger partial charge in [-0.25, -0.2) is 4.79 Å². The van der Waals surface area contributed by atoms with Crippen LogP contribution in [0.4, 0.5) is 4.79 Å². The van der Waals surface area contributed by atoms with Crippen molar-refractivity contribution in [3.05, 3.63) is 0 Å². The summed E-state index contributed by atoms with van der Waals surface area (Å²) in [4.78, 5) is 23.5. The van der Waals surface area contributed by atoms with Crippen molar-refractivity contribution in [2.24, 2.45) is 17.3 Å². The number of rotatable bonds is 3. The molecule has 3 aliphatic rings. The smallest absolute Gasteiger partial charge is 0.408 e. The lowest BCUT2D eigenvalue weighted by Gasteiger charge is -2.64. The van der Waals surface area contributed by atoms with Crippen LogP contribution in [0.15, 0.2) is 0 Å². The summed E-state index contributed by atoms with van der Waals surface area (Å²) in [6.07, 6.45) is 2.14. The standard InChI is InChI=1S/C16H27NO4/c1-14(2,3)21-13(20)17-16(9-12(18)19)7-6-10-8-11(16)15(10,4)5/h10-11H,6-9H2,1-5H3,(H,17,20)(H,18,19). The molecule has 0 radical (unpaired) electrons. The lowest BCUT2D eigenvalue weighted by molar-refractivity contribution is -0.154. The van der Waals surface area contributed by atoms with Crippen LogP contribution < -0.4 is 5.32 Å². The molecule has 0 aliphatic heterocycles. The van der Waals surface area contributed by atoms with Gasteiger partial charge in [-0.3, -0.25) is 4.79 Å². The number of alkyl carbamates (subject to hydrolysis) is 1. The third-order valence-corrected chi connectivity index (χ3v) is 5.29. The van der Waals surface area contributed by atoms with Gasteiger partial charge in [0.1, 0.15) is 5.60 Å². The summed E-state index contributed by atoms with van der Waals surface area (Å²) in [5.74, 6) is -0.0237. The van der Waals surface area contributed by atoms with Crippen LogP contribution >= 0.6 is 0 Å². The number of hydrogen-bond acceptors (Lipinski definition) is 3. The lowest BCUT2D eigenvalue weighted by Crippen LogP contribution is -2.68. The Kier molecular flexibility index (Phi) is 3.75. The summed E-state index contributed by atoms with van der Waals surface area (Å²) >= 11 is 0. The normalized spacial score (nSPS) is 33.8. The summed E-state index contributed by atoms with van der Waals surface area (Å²) in [5.41, 5.74) is -1.17. The SMILES string of the molecule is CC(C)(C)OC(=O)NC1(CC(=O)O)CCC2CC1C2(C)C. The number of carboxylic acid groups (broad SMARTS) is 1. The van der Waals surface area contributed by atoms with E-state index in [-0.39, 0.29) is 17.8 Å². The fraction of sp³-hybridized carbons (Fsp3) is 0.875. The van der Waals surface area contributed by atoms with Gasteiger partial charge in [0.15, 0.2) is 0 Å². The van der Waals surface area contributed by atoms with Crippen molar-refractivity contribution in [3.63, 3.8) is 0 Å². The first kappa shape index (κ1) is 16.1. The van der Waals surface area contributed by atoms with E-state index in [1.165, 1.54) is 0 Å². The number of carbonyl (C=O) groups excluding carboxylic acids is 1. The van der Waals surface area contributed by atoms with Crippen LogP contribution in [0.25, 0.3) is 0 Å². The van der Waals surface area contributed by atoms with Crippen molar-refractivity contribution in [2.45, 2.75) is 71.4 Å². The molecule has 1 amide bonds. The highest BCUT2D eigenvalue weighted by Crippen LogP contribution is 2.63. The minimum atomic E-state index is -0.868. The third kappa shape index (κ3) is 3.01. The number of amides is 1. The Labute approximate surface area is 126 Å². The van der Waals surface area contributed by atoms with E-state index < -0.39 is 23.2 Å². The highest BCUT2D eigenvalue weighted by atomic mass is 16.6. The molecule has 5 heteroatoms. The van der Waals surface area contributed by atoms with Gasteiger partial charge in [-0.05, 0) is 57.3 Å². The molecule has 0 aromatic heterocycles. The third-order valence-electron chi connectivity index (χ3n) is 5.29. The van der Waals surface area contributed by atoms with Gasteiger partial charge in [0.2, 0.25) is 0 Å². The van der Waals surface area contributed by atoms with Crippen molar-refractivity contribution in [1.29, 1.82) is 0 Å². The topological polar surface area (TPSA) is 75.6 Å². The molecular formula is C16H27NO4. The average molecular weight is 297 g/mol. The lowest BCUT2D eigenvalue weighted by atomic mass is 9.42. The van der Waals surface area contributed by atoms with E-state index >= 15 is 0 Å². The van der Waals surface area contributed by atoms with Gasteiger partial charge < -0.3 is 15.2 Å². The van der Waals surface area contributed by atoms with Gasteiger partial charge >= 0.3 is 12.1 Å². The first-order chi connectivity index (χ1) is 9.46. The van der Waals surface area contributed by atoms with Crippen LogP contribution in [0.2, 0.25) is 0 Å². The molecule has 3 saturated carbocycles. The van der Waals surface area contributed by atoms with Gasteiger partial charge in [0.05, 0.1) is 12.0 Å². The number of aliphatic carboxylic acids is 1. The Morgan fingerprint density at radius 2 is 1.95 bits per heavy atom. The van der Waals surface area contributed by atoms with Crippen LogP contribution in [0.5, 0.6) is 0 Å². The van der Waals surface area contributed by atoms with Gasteiger partial charge in [0.25, 0.3) is 0 Å². The second-order valence-corrected chi connectivity index (χ2v) is 8.20. The fourth-order valence-corrected chi connectivity index (χ4v) is 4.23. The molecule has 3 aliphatic carbocycles. The minimum absolute atomic E-state index is 0.0347. The van der Waals surface area contributed by atoms with Crippen molar-refractivity contribution in [2.75, 3.05) is 0 Å². The van der Waals surface area contributed by atoms with Gasteiger partial charge in [-0.1, -0.05) is 13.8 Å². The number of carbonyl (C=O) groups is 2. The zero-order chi connectivity index (χ0) is 16.1. The molecule has 3 rings (SSSR count). The molecule has 2 N–H and O–H groups in total. The molecule has 120 valence electrons. The van der Waals surface area contributed by atoms with Crippen molar-refractivity contribution >= 4 is 12.1 Å². The molecule has 3 atom stereocenters. The van der Waals surface area contributed by atoms with Crippen LogP contribution in [0, 0.1) is 17.3 Å². The molecule has 2 bridgehead atoms. The molecule has 3 fully saturated rings. The number of carboxylic acids is 1. The Hall–Kier alpha value is -1.26. The number of hydrogen-bond donors (Lipinski definition) is 2. The minimum Gasteiger partial charge on any atom is -0.481 e. The van der Waals surface area contributed by atoms with Crippen LogP contribution in [0.1, 0.15) is 60.3 Å². The predicted molar refractivity (Wildman–Crippen MR) is 79.0 cm³/mol. The monoisotopic (exact) mass is 297 g/mol. The molecule has 0 aromatic carbocycles. The Bertz CT molecular complexity index is 450. The number of fused-ring (bicyclic) bond motifs is 2. The summed E-state index contributed by atoms with van der Waals surface area (Å²) in [6.45, 7) is 9.78. The molecule has 0 saturated heterocycles. The summed E-state index contributed by atoms with van der Waals surface area (Å²) in [6, 6.07) is 0. The Morgan fingerprint density at radius 3 is 2.38 bits per heavy atom. The zero-order valence-electron chi connectivity index (χ0n) is 13.7. The maximum Gasteiger partial charge on any atom is 0.408 e. The second-order valence-electron chi connectivity index (χ2n) is 8.20. The quantitative estimate of drug-likeness (QED) is 0.839. The first-order valence-electron chi connectivity index (χ1n) is 7.69. The molecule has 21 heavy (non-hydrogen) atoms. The first-order valence-corrected chi connectivity index (χ1v) is 7.69. The highest BCUT2D eigenvalue weighted by Gasteiger charge is 2.62. The van der Waals surface area contributed by atoms with Crippen molar-refractivity contribution < 1.29 is 19.4 Å². The molecule has 3 unspecified atom stereocenters. The molecular weight excluding hydrogens is 270 g/mol. The van der Waals surface area contributed by atoms with E-state index in [2.05, 4.69) is 19.2 Å². The van der Waals surface area contributed by atoms with E-state index in [9.17, 15) is 14.7 Å². The Morgan fingerprint density at radius 1 is 1.33 bits per heavy atom. The van der Waals surface area contributed by atoms with Crippen molar-refractivity contribution in [1.82, 2.24) is 5.32 Å². The molecule has 0 heterocycles. The summed E-state index contributed by atoms with van der Waals surface area (Å²) in [7, 11) is 0. The molecule has 0 aromatic rings. The van der Waals surface area contributed by atoms with Crippen LogP contribution in [0.3, 0.4) is 0 Å². The van der Waals surface area contributed by atoms with Gasteiger partial charge in [0, 0.05) is 0 Å². The molecule has 5 nitrogen and oxygen atoms in total. The maximum absolute atomic E-state index is 12.2. The molecule has 0 spiro atoms. The summed E-state index contributed by atoms with van der Waals surface area (Å²) < 4.78 is 5.34. The zero-order valence-corrected chi connectivity index (χ0v) is 13.7. The van der Waals surface area contributed by atoms with E-state index in [0.29, 0.717) is 5.92 Å². The number of nitrogens with one attached hydrogen (secondary N) is 1. The second kappa shape index (κ2) is 4.89. The predicted octanol–water partition coefficient (Wildman–Crippen LogP) is 3.18. The fourth-order valence-electron chi connectivity index (χ4n) is 4.23. The maximum atomic E-state index is 12.2. The largest absolute Gasteiger partial charge is 0.481 e. The van der Waals surface area contributed by atoms with Crippen LogP contribution in [-0.2, 0) is 9.53 Å². The van der Waals surface area contributed by atoms with E-state index in [4.69, 9.17) is 4.74 Å². The average Bonchev–Trinajstić information content (AvgIpc) is 2.23. The highest BCUT2D eigenvalue weighted by molar-refractivity contribution is 5.73. The van der Waals surface area contributed by atoms with E-state index in [1.54, 1.807) is 20.8 Å². The van der Waals surface area contributed by atoms with Crippen LogP contribution in [-0.4, -0.2) is 28.3 Å². The van der Waals surface area contributed by atoms with E-state index in [0.717, 1.165) is 19.3 Å². The Balaban J connectivity index is 2.18. The van der Waals surface area contributed by atoms with Crippen molar-refractivity contribution in [3.8, 4) is 0 Å². The van der Waals surface area contributed by atoms with E-state index in [1.807, 2.05) is 0 Å². The van der Waals surface area contributed by atoms with Gasteiger partial charge in [-0.15, -0.1) is 0 Å².